The lowest BCUT2D eigenvalue weighted by molar-refractivity contribution is -0.119. The summed E-state index contributed by atoms with van der Waals surface area (Å²) >= 11 is 1.68. The molecule has 1 aromatic carbocycles. The zero-order valence-electron chi connectivity index (χ0n) is 12.3. The molecule has 5 nitrogen and oxygen atoms in total. The summed E-state index contributed by atoms with van der Waals surface area (Å²) < 4.78 is 5.65. The molecule has 1 aliphatic rings. The van der Waals surface area contributed by atoms with Gasteiger partial charge in [0, 0.05) is 28.4 Å². The topological polar surface area (TPSA) is 75.8 Å². The predicted octanol–water partition coefficient (Wildman–Crippen LogP) is 2.11. The van der Waals surface area contributed by atoms with Crippen LogP contribution in [0.4, 0.5) is 0 Å². The number of rotatable bonds is 3. The van der Waals surface area contributed by atoms with Gasteiger partial charge in [-0.2, -0.15) is 0 Å². The van der Waals surface area contributed by atoms with E-state index in [-0.39, 0.29) is 18.2 Å². The molecule has 0 atom stereocenters. The van der Waals surface area contributed by atoms with Crippen LogP contribution in [0.15, 0.2) is 24.3 Å². The lowest BCUT2D eigenvalue weighted by Gasteiger charge is -2.17. The van der Waals surface area contributed by atoms with E-state index in [1.54, 1.807) is 17.4 Å². The first-order valence-corrected chi connectivity index (χ1v) is 7.91. The quantitative estimate of drug-likeness (QED) is 0.909. The number of primary amides is 1. The zero-order chi connectivity index (χ0) is 15.7. The van der Waals surface area contributed by atoms with Crippen molar-refractivity contribution in [2.75, 3.05) is 19.7 Å². The zero-order valence-corrected chi connectivity index (χ0v) is 13.2. The Balaban J connectivity index is 1.97. The highest BCUT2D eigenvalue weighted by molar-refractivity contribution is 7.15. The second kappa shape index (κ2) is 5.98. The Kier molecular flexibility index (Phi) is 4.04. The van der Waals surface area contributed by atoms with E-state index in [4.69, 9.17) is 10.5 Å². The number of phenols is 1. The fraction of sp³-hybridized carbons (Fsp3) is 0.312. The maximum absolute atomic E-state index is 11.1. The van der Waals surface area contributed by atoms with Crippen LogP contribution in [-0.4, -0.2) is 35.6 Å². The van der Waals surface area contributed by atoms with Crippen LogP contribution in [0.3, 0.4) is 0 Å². The van der Waals surface area contributed by atoms with Gasteiger partial charge >= 0.3 is 0 Å². The number of hydrogen-bond acceptors (Lipinski definition) is 5. The third-order valence-electron chi connectivity index (χ3n) is 3.60. The van der Waals surface area contributed by atoms with Crippen molar-refractivity contribution < 1.29 is 14.6 Å². The van der Waals surface area contributed by atoms with Crippen molar-refractivity contribution in [2.24, 2.45) is 5.73 Å². The van der Waals surface area contributed by atoms with Crippen LogP contribution in [0, 0.1) is 6.92 Å². The molecule has 0 unspecified atom stereocenters. The van der Waals surface area contributed by atoms with Crippen LogP contribution < -0.4 is 10.5 Å². The molecule has 0 bridgehead atoms. The Morgan fingerprint density at radius 2 is 2.27 bits per heavy atom. The molecule has 0 saturated heterocycles. The van der Waals surface area contributed by atoms with E-state index >= 15 is 0 Å². The van der Waals surface area contributed by atoms with Crippen molar-refractivity contribution in [1.82, 2.24) is 4.90 Å². The smallest absolute Gasteiger partial charge is 0.231 e. The number of aromatic hydroxyl groups is 1. The first-order valence-electron chi connectivity index (χ1n) is 7.09. The molecule has 22 heavy (non-hydrogen) atoms. The highest BCUT2D eigenvalue weighted by Gasteiger charge is 2.20. The van der Waals surface area contributed by atoms with E-state index in [2.05, 4.69) is 13.0 Å². The third kappa shape index (κ3) is 3.08. The molecule has 1 aliphatic heterocycles. The molecule has 116 valence electrons. The molecular formula is C16H18N2O3S. The van der Waals surface area contributed by atoms with Crippen molar-refractivity contribution in [2.45, 2.75) is 13.5 Å². The summed E-state index contributed by atoms with van der Waals surface area (Å²) in [5.74, 6) is 0.279. The number of carbonyl (C=O) groups is 1. The van der Waals surface area contributed by atoms with Gasteiger partial charge in [-0.05, 0) is 36.8 Å². The fourth-order valence-electron chi connectivity index (χ4n) is 2.64. The van der Waals surface area contributed by atoms with Crippen molar-refractivity contribution in [1.29, 1.82) is 0 Å². The van der Waals surface area contributed by atoms with Gasteiger partial charge in [0.15, 0.2) is 11.5 Å². The van der Waals surface area contributed by atoms with E-state index in [0.29, 0.717) is 25.4 Å². The number of fused-ring (bicyclic) bond motifs is 1. The van der Waals surface area contributed by atoms with Crippen LogP contribution in [-0.2, 0) is 11.3 Å². The molecule has 2 heterocycles. The van der Waals surface area contributed by atoms with Crippen LogP contribution in [0.5, 0.6) is 11.5 Å². The van der Waals surface area contributed by atoms with Crippen molar-refractivity contribution in [3.8, 4) is 21.9 Å². The van der Waals surface area contributed by atoms with E-state index in [1.807, 2.05) is 17.0 Å². The van der Waals surface area contributed by atoms with E-state index in [0.717, 1.165) is 16.0 Å². The summed E-state index contributed by atoms with van der Waals surface area (Å²) in [6.07, 6.45) is 0. The van der Waals surface area contributed by atoms with Crippen LogP contribution in [0.1, 0.15) is 10.4 Å². The minimum absolute atomic E-state index is 0.138. The number of aryl methyl sites for hydroxylation is 1. The second-order valence-electron chi connectivity index (χ2n) is 5.42. The average Bonchev–Trinajstić information content (AvgIpc) is 2.76. The molecule has 3 N–H and O–H groups in total. The highest BCUT2D eigenvalue weighted by Crippen LogP contribution is 2.39. The largest absolute Gasteiger partial charge is 0.504 e. The summed E-state index contributed by atoms with van der Waals surface area (Å²) in [7, 11) is 0. The summed E-state index contributed by atoms with van der Waals surface area (Å²) in [6, 6.07) is 7.84. The van der Waals surface area contributed by atoms with Crippen molar-refractivity contribution in [3.63, 3.8) is 0 Å². The number of phenolic OH excluding ortho intramolecular Hbond substituents is 1. The van der Waals surface area contributed by atoms with E-state index < -0.39 is 0 Å². The average molecular weight is 318 g/mol. The predicted molar refractivity (Wildman–Crippen MR) is 86.1 cm³/mol. The normalized spacial score (nSPS) is 15.0. The number of carbonyl (C=O) groups excluding carboxylic acids is 1. The first-order chi connectivity index (χ1) is 10.5. The highest BCUT2D eigenvalue weighted by atomic mass is 32.1. The molecule has 6 heteroatoms. The van der Waals surface area contributed by atoms with Gasteiger partial charge in [-0.25, -0.2) is 0 Å². The molecule has 0 saturated carbocycles. The van der Waals surface area contributed by atoms with Crippen molar-refractivity contribution >= 4 is 17.2 Å². The van der Waals surface area contributed by atoms with Gasteiger partial charge in [0.05, 0.1) is 6.54 Å². The minimum Gasteiger partial charge on any atom is -0.504 e. The number of benzene rings is 1. The lowest BCUT2D eigenvalue weighted by atomic mass is 10.1. The fourth-order valence-corrected chi connectivity index (χ4v) is 3.50. The van der Waals surface area contributed by atoms with Crippen molar-refractivity contribution in [3.05, 3.63) is 34.7 Å². The summed E-state index contributed by atoms with van der Waals surface area (Å²) in [5.41, 5.74) is 7.11. The monoisotopic (exact) mass is 318 g/mol. The van der Waals surface area contributed by atoms with Gasteiger partial charge in [-0.1, -0.05) is 0 Å². The summed E-state index contributed by atoms with van der Waals surface area (Å²) in [6.45, 7) is 3.79. The Morgan fingerprint density at radius 3 is 2.95 bits per heavy atom. The molecular weight excluding hydrogens is 300 g/mol. The number of nitrogens with zero attached hydrogens (tertiary/aromatic N) is 1. The van der Waals surface area contributed by atoms with Crippen LogP contribution in [0.25, 0.3) is 10.4 Å². The van der Waals surface area contributed by atoms with E-state index in [1.165, 1.54) is 4.88 Å². The lowest BCUT2D eigenvalue weighted by Crippen LogP contribution is -2.34. The van der Waals surface area contributed by atoms with Gasteiger partial charge in [-0.3, -0.25) is 9.69 Å². The Morgan fingerprint density at radius 1 is 1.45 bits per heavy atom. The molecule has 2 aromatic rings. The molecule has 0 fully saturated rings. The second-order valence-corrected chi connectivity index (χ2v) is 6.71. The molecule has 0 aliphatic carbocycles. The minimum atomic E-state index is -0.363. The summed E-state index contributed by atoms with van der Waals surface area (Å²) in [5, 5.41) is 10.3. The van der Waals surface area contributed by atoms with E-state index in [9.17, 15) is 9.90 Å². The number of nitrogens with two attached hydrogens (primary N) is 1. The Hall–Kier alpha value is -2.05. The number of amides is 1. The Labute approximate surface area is 132 Å². The molecule has 1 aromatic heterocycles. The number of thiophene rings is 1. The van der Waals surface area contributed by atoms with Gasteiger partial charge in [0.25, 0.3) is 0 Å². The maximum Gasteiger partial charge on any atom is 0.231 e. The van der Waals surface area contributed by atoms with Gasteiger partial charge < -0.3 is 15.6 Å². The SMILES string of the molecule is Cc1ccc(-c2cc(O)c3c(c2)CN(CC(N)=O)CCO3)s1. The molecule has 0 spiro atoms. The summed E-state index contributed by atoms with van der Waals surface area (Å²) in [4.78, 5) is 15.4. The molecule has 1 amide bonds. The van der Waals surface area contributed by atoms with Crippen LogP contribution in [0.2, 0.25) is 0 Å². The van der Waals surface area contributed by atoms with Gasteiger partial charge in [0.1, 0.15) is 6.61 Å². The van der Waals surface area contributed by atoms with Crippen LogP contribution >= 0.6 is 11.3 Å². The number of ether oxygens (including phenoxy) is 1. The maximum atomic E-state index is 11.1. The third-order valence-corrected chi connectivity index (χ3v) is 4.65. The van der Waals surface area contributed by atoms with Gasteiger partial charge in [-0.15, -0.1) is 11.3 Å². The molecule has 3 rings (SSSR count). The van der Waals surface area contributed by atoms with Gasteiger partial charge in [0.2, 0.25) is 5.91 Å². The Bertz CT molecular complexity index is 711. The molecule has 0 radical (unpaired) electrons. The number of hydrogen-bond donors (Lipinski definition) is 2. The first kappa shape index (κ1) is 14.9. The standard InChI is InChI=1S/C16H18N2O3S/c1-10-2-3-14(22-10)11-6-12-8-18(9-15(17)20)4-5-21-16(12)13(19)7-11/h2-3,6-7,19H,4-5,8-9H2,1H3,(H2,17,20).